The van der Waals surface area contributed by atoms with Gasteiger partial charge in [-0.3, -0.25) is 4.79 Å². The fraction of sp³-hybridized carbons (Fsp3) is 0.278. The van der Waals surface area contributed by atoms with E-state index < -0.39 is 0 Å². The van der Waals surface area contributed by atoms with Crippen LogP contribution in [0.4, 0.5) is 10.1 Å². The van der Waals surface area contributed by atoms with Crippen LogP contribution in [0.25, 0.3) is 0 Å². The molecule has 25 heavy (non-hydrogen) atoms. The Labute approximate surface area is 154 Å². The maximum absolute atomic E-state index is 13.5. The van der Waals surface area contributed by atoms with Gasteiger partial charge in [-0.05, 0) is 12.1 Å². The van der Waals surface area contributed by atoms with Gasteiger partial charge in [0.1, 0.15) is 5.82 Å². The molecule has 1 aliphatic rings. The fourth-order valence-corrected chi connectivity index (χ4v) is 3.40. The second-order valence-electron chi connectivity index (χ2n) is 5.41. The van der Waals surface area contributed by atoms with Gasteiger partial charge in [-0.2, -0.15) is 0 Å². The quantitative estimate of drug-likeness (QED) is 0.758. The second kappa shape index (κ2) is 8.45. The van der Waals surface area contributed by atoms with Gasteiger partial charge < -0.3 is 14.8 Å². The number of benzene rings is 2. The van der Waals surface area contributed by atoms with E-state index in [2.05, 4.69) is 5.32 Å². The van der Waals surface area contributed by atoms with E-state index in [1.807, 2.05) is 0 Å². The molecule has 4 nitrogen and oxygen atoms in total. The van der Waals surface area contributed by atoms with Crippen molar-refractivity contribution in [2.24, 2.45) is 0 Å². The highest BCUT2D eigenvalue weighted by molar-refractivity contribution is 7.99. The Kier molecular flexibility index (Phi) is 6.04. The van der Waals surface area contributed by atoms with Gasteiger partial charge in [0.25, 0.3) is 0 Å². The molecule has 1 heterocycles. The van der Waals surface area contributed by atoms with E-state index in [1.165, 1.54) is 17.8 Å². The van der Waals surface area contributed by atoms with Crippen LogP contribution in [-0.4, -0.2) is 24.9 Å². The Bertz CT molecular complexity index is 772. The Balaban J connectivity index is 1.57. The summed E-state index contributed by atoms with van der Waals surface area (Å²) < 4.78 is 24.7. The molecule has 0 spiro atoms. The van der Waals surface area contributed by atoms with Crippen LogP contribution >= 0.6 is 23.4 Å². The number of rotatable bonds is 5. The van der Waals surface area contributed by atoms with E-state index >= 15 is 0 Å². The van der Waals surface area contributed by atoms with Gasteiger partial charge in [0.15, 0.2) is 11.5 Å². The van der Waals surface area contributed by atoms with Crippen LogP contribution in [0.1, 0.15) is 12.8 Å². The molecular weight excluding hydrogens is 365 g/mol. The van der Waals surface area contributed by atoms with Gasteiger partial charge in [0.2, 0.25) is 5.91 Å². The summed E-state index contributed by atoms with van der Waals surface area (Å²) in [7, 11) is 0. The van der Waals surface area contributed by atoms with Crippen molar-refractivity contribution < 1.29 is 18.7 Å². The number of fused-ring (bicyclic) bond motifs is 1. The Morgan fingerprint density at radius 3 is 2.68 bits per heavy atom. The highest BCUT2D eigenvalue weighted by atomic mass is 35.5. The van der Waals surface area contributed by atoms with E-state index in [0.29, 0.717) is 46.1 Å². The standard InChI is InChI=1S/C18H17ClFNO3S/c19-12-10-15-16(24-8-3-7-23-15)11-14(12)21-18(22)6-9-25-17-5-2-1-4-13(17)20/h1-2,4-5,10-11H,3,6-9H2,(H,21,22). The molecular formula is C18H17ClFNO3S. The fourth-order valence-electron chi connectivity index (χ4n) is 2.31. The minimum absolute atomic E-state index is 0.194. The summed E-state index contributed by atoms with van der Waals surface area (Å²) in [6.07, 6.45) is 1.03. The highest BCUT2D eigenvalue weighted by Crippen LogP contribution is 2.37. The van der Waals surface area contributed by atoms with Crippen molar-refractivity contribution >= 4 is 35.0 Å². The number of ether oxygens (including phenoxy) is 2. The average Bonchev–Trinajstić information content (AvgIpc) is 2.82. The molecule has 0 saturated heterocycles. The Morgan fingerprint density at radius 1 is 1.20 bits per heavy atom. The lowest BCUT2D eigenvalue weighted by Gasteiger charge is -2.12. The number of carbonyl (C=O) groups is 1. The van der Waals surface area contributed by atoms with Crippen molar-refractivity contribution in [2.75, 3.05) is 24.3 Å². The number of hydrogen-bond donors (Lipinski definition) is 1. The number of halogens is 2. The predicted octanol–water partition coefficient (Wildman–Crippen LogP) is 4.76. The number of nitrogens with one attached hydrogen (secondary N) is 1. The third-order valence-corrected chi connectivity index (χ3v) is 4.90. The minimum Gasteiger partial charge on any atom is -0.490 e. The first-order valence-electron chi connectivity index (χ1n) is 7.90. The number of amides is 1. The third-order valence-electron chi connectivity index (χ3n) is 3.53. The molecule has 0 aromatic heterocycles. The molecule has 132 valence electrons. The van der Waals surface area contributed by atoms with Crippen molar-refractivity contribution in [3.8, 4) is 11.5 Å². The summed E-state index contributed by atoms with van der Waals surface area (Å²) in [5.41, 5.74) is 0.479. The summed E-state index contributed by atoms with van der Waals surface area (Å²) in [6.45, 7) is 1.13. The van der Waals surface area contributed by atoms with E-state index in [4.69, 9.17) is 21.1 Å². The first-order chi connectivity index (χ1) is 12.1. The molecule has 0 aliphatic carbocycles. The van der Waals surface area contributed by atoms with Crippen LogP contribution in [-0.2, 0) is 4.79 Å². The van der Waals surface area contributed by atoms with Crippen LogP contribution in [0.3, 0.4) is 0 Å². The molecule has 2 aromatic rings. The first kappa shape index (κ1) is 17.9. The van der Waals surface area contributed by atoms with E-state index in [9.17, 15) is 9.18 Å². The SMILES string of the molecule is O=C(CCSc1ccccc1F)Nc1cc2c(cc1Cl)OCCCO2. The Hall–Kier alpha value is -1.92. The van der Waals surface area contributed by atoms with E-state index in [0.717, 1.165) is 6.42 Å². The van der Waals surface area contributed by atoms with Gasteiger partial charge in [-0.1, -0.05) is 23.7 Å². The minimum atomic E-state index is -0.279. The van der Waals surface area contributed by atoms with Crippen LogP contribution < -0.4 is 14.8 Å². The number of anilines is 1. The van der Waals surface area contributed by atoms with E-state index in [1.54, 1.807) is 30.3 Å². The molecule has 1 amide bonds. The molecule has 0 radical (unpaired) electrons. The van der Waals surface area contributed by atoms with Crippen molar-refractivity contribution in [2.45, 2.75) is 17.7 Å². The lowest BCUT2D eigenvalue weighted by atomic mass is 10.2. The molecule has 0 saturated carbocycles. The van der Waals surface area contributed by atoms with Crippen molar-refractivity contribution in [3.63, 3.8) is 0 Å². The monoisotopic (exact) mass is 381 g/mol. The molecule has 3 rings (SSSR count). The summed E-state index contributed by atoms with van der Waals surface area (Å²) in [5.74, 6) is 1.14. The number of hydrogen-bond acceptors (Lipinski definition) is 4. The topological polar surface area (TPSA) is 47.6 Å². The van der Waals surface area contributed by atoms with Crippen LogP contribution in [0.15, 0.2) is 41.3 Å². The molecule has 0 atom stereocenters. The van der Waals surface area contributed by atoms with Crippen LogP contribution in [0.5, 0.6) is 11.5 Å². The van der Waals surface area contributed by atoms with Gasteiger partial charge in [-0.15, -0.1) is 11.8 Å². The van der Waals surface area contributed by atoms with Gasteiger partial charge in [0.05, 0.1) is 23.9 Å². The second-order valence-corrected chi connectivity index (χ2v) is 6.95. The average molecular weight is 382 g/mol. The lowest BCUT2D eigenvalue weighted by Crippen LogP contribution is -2.12. The Morgan fingerprint density at radius 2 is 1.92 bits per heavy atom. The van der Waals surface area contributed by atoms with Crippen LogP contribution in [0.2, 0.25) is 5.02 Å². The van der Waals surface area contributed by atoms with Gasteiger partial charge in [-0.25, -0.2) is 4.39 Å². The summed E-state index contributed by atoms with van der Waals surface area (Å²) in [4.78, 5) is 12.7. The molecule has 0 unspecified atom stereocenters. The maximum atomic E-state index is 13.5. The van der Waals surface area contributed by atoms with E-state index in [-0.39, 0.29) is 18.1 Å². The lowest BCUT2D eigenvalue weighted by molar-refractivity contribution is -0.115. The predicted molar refractivity (Wildman–Crippen MR) is 97.4 cm³/mol. The summed E-state index contributed by atoms with van der Waals surface area (Å²) in [5, 5.41) is 3.16. The zero-order valence-electron chi connectivity index (χ0n) is 13.4. The molecule has 7 heteroatoms. The smallest absolute Gasteiger partial charge is 0.225 e. The van der Waals surface area contributed by atoms with Crippen molar-refractivity contribution in [1.29, 1.82) is 0 Å². The molecule has 2 aromatic carbocycles. The zero-order valence-corrected chi connectivity index (χ0v) is 15.0. The van der Waals surface area contributed by atoms with Crippen LogP contribution in [0, 0.1) is 5.82 Å². The maximum Gasteiger partial charge on any atom is 0.225 e. The first-order valence-corrected chi connectivity index (χ1v) is 9.26. The zero-order chi connectivity index (χ0) is 17.6. The molecule has 1 N–H and O–H groups in total. The van der Waals surface area contributed by atoms with Gasteiger partial charge in [0, 0.05) is 35.6 Å². The normalized spacial score (nSPS) is 13.2. The number of thioether (sulfide) groups is 1. The number of carbonyl (C=O) groups excluding carboxylic acids is 1. The largest absolute Gasteiger partial charge is 0.490 e. The third kappa shape index (κ3) is 4.80. The van der Waals surface area contributed by atoms with Gasteiger partial charge >= 0.3 is 0 Å². The van der Waals surface area contributed by atoms with Crippen molar-refractivity contribution in [3.05, 3.63) is 47.2 Å². The molecule has 0 bridgehead atoms. The summed E-state index contributed by atoms with van der Waals surface area (Å²) >= 11 is 7.51. The highest BCUT2D eigenvalue weighted by Gasteiger charge is 2.15. The molecule has 0 fully saturated rings. The van der Waals surface area contributed by atoms with Crippen molar-refractivity contribution in [1.82, 2.24) is 0 Å². The molecule has 1 aliphatic heterocycles. The summed E-state index contributed by atoms with van der Waals surface area (Å²) in [6, 6.07) is 9.82.